The molecule has 1 saturated carbocycles. The molecule has 0 bridgehead atoms. The average Bonchev–Trinajstić information content (AvgIpc) is 2.79. The zero-order valence-corrected chi connectivity index (χ0v) is 13.7. The average molecular weight is 274 g/mol. The molecule has 0 aromatic heterocycles. The highest BCUT2D eigenvalue weighted by Gasteiger charge is 2.32. The lowest BCUT2D eigenvalue weighted by atomic mass is 9.93. The Morgan fingerprint density at radius 1 is 1.20 bits per heavy atom. The molecule has 1 aliphatic rings. The fraction of sp³-hybridized carbons (Fsp3) is 0.667. The summed E-state index contributed by atoms with van der Waals surface area (Å²) in [4.78, 5) is 2.15. The first kappa shape index (κ1) is 15.4. The Morgan fingerprint density at radius 2 is 1.85 bits per heavy atom. The Bertz CT molecular complexity index is 410. The van der Waals surface area contributed by atoms with E-state index in [0.29, 0.717) is 12.1 Å². The van der Waals surface area contributed by atoms with E-state index in [1.54, 1.807) is 0 Å². The quantitative estimate of drug-likeness (QED) is 0.864. The lowest BCUT2D eigenvalue weighted by Crippen LogP contribution is -2.34. The molecular formula is C18H30N2. The van der Waals surface area contributed by atoms with Crippen molar-refractivity contribution in [2.75, 3.05) is 19.0 Å². The second-order valence-corrected chi connectivity index (χ2v) is 6.59. The van der Waals surface area contributed by atoms with Crippen LogP contribution in [0.25, 0.3) is 0 Å². The van der Waals surface area contributed by atoms with Gasteiger partial charge in [0.1, 0.15) is 0 Å². The van der Waals surface area contributed by atoms with Crippen LogP contribution in [0.1, 0.15) is 51.6 Å². The van der Waals surface area contributed by atoms with E-state index in [2.05, 4.69) is 69.3 Å². The van der Waals surface area contributed by atoms with Crippen LogP contribution in [0.2, 0.25) is 0 Å². The molecule has 0 heterocycles. The molecule has 0 amide bonds. The first-order valence-corrected chi connectivity index (χ1v) is 8.06. The number of hydrogen-bond donors (Lipinski definition) is 1. The topological polar surface area (TPSA) is 15.3 Å². The summed E-state index contributed by atoms with van der Waals surface area (Å²) in [5.74, 6) is 1.72. The van der Waals surface area contributed by atoms with Crippen molar-refractivity contribution in [3.8, 4) is 0 Å². The Hall–Kier alpha value is -1.02. The highest BCUT2D eigenvalue weighted by atomic mass is 15.1. The van der Waals surface area contributed by atoms with Gasteiger partial charge >= 0.3 is 0 Å². The second-order valence-electron chi connectivity index (χ2n) is 6.59. The lowest BCUT2D eigenvalue weighted by molar-refractivity contribution is 0.327. The Morgan fingerprint density at radius 3 is 2.35 bits per heavy atom. The zero-order valence-electron chi connectivity index (χ0n) is 13.7. The van der Waals surface area contributed by atoms with E-state index in [1.165, 1.54) is 30.5 Å². The van der Waals surface area contributed by atoms with E-state index in [1.807, 2.05) is 0 Å². The van der Waals surface area contributed by atoms with Crippen molar-refractivity contribution in [1.82, 2.24) is 5.32 Å². The number of nitrogens with zero attached hydrogens (tertiary/aromatic N) is 1. The van der Waals surface area contributed by atoms with Crippen molar-refractivity contribution in [1.29, 1.82) is 0 Å². The van der Waals surface area contributed by atoms with Gasteiger partial charge in [0, 0.05) is 31.9 Å². The molecule has 1 N–H and O–H groups in total. The third-order valence-electron chi connectivity index (χ3n) is 5.12. The molecule has 0 spiro atoms. The molecule has 4 unspecified atom stereocenters. The molecule has 0 saturated heterocycles. The minimum atomic E-state index is 0.439. The molecule has 2 nitrogen and oxygen atoms in total. The monoisotopic (exact) mass is 274 g/mol. The van der Waals surface area contributed by atoms with Crippen LogP contribution in [0.15, 0.2) is 24.3 Å². The molecule has 2 heteroatoms. The predicted molar refractivity (Wildman–Crippen MR) is 88.3 cm³/mol. The molecule has 20 heavy (non-hydrogen) atoms. The fourth-order valence-corrected chi connectivity index (χ4v) is 3.54. The van der Waals surface area contributed by atoms with Crippen LogP contribution in [0.4, 0.5) is 5.69 Å². The van der Waals surface area contributed by atoms with Crippen molar-refractivity contribution in [2.45, 2.75) is 52.1 Å². The fourth-order valence-electron chi connectivity index (χ4n) is 3.54. The SMILES string of the molecule is CCC1CCC(NC(C)c2ccc(N(C)C)cc2)C1C. The van der Waals surface area contributed by atoms with Gasteiger partial charge in [0.25, 0.3) is 0 Å². The standard InChI is InChI=1S/C18H30N2/c1-6-15-9-12-18(13(15)2)19-14(3)16-7-10-17(11-8-16)20(4)5/h7-8,10-11,13-15,18-19H,6,9,12H2,1-5H3. The van der Waals surface area contributed by atoms with Crippen molar-refractivity contribution in [2.24, 2.45) is 11.8 Å². The summed E-state index contributed by atoms with van der Waals surface area (Å²) in [5.41, 5.74) is 2.66. The summed E-state index contributed by atoms with van der Waals surface area (Å²) in [5, 5.41) is 3.84. The van der Waals surface area contributed by atoms with E-state index >= 15 is 0 Å². The summed E-state index contributed by atoms with van der Waals surface area (Å²) in [7, 11) is 4.17. The third-order valence-corrected chi connectivity index (χ3v) is 5.12. The predicted octanol–water partition coefficient (Wildman–Crippen LogP) is 4.23. The van der Waals surface area contributed by atoms with Crippen LogP contribution in [0.3, 0.4) is 0 Å². The molecule has 1 aromatic rings. The van der Waals surface area contributed by atoms with E-state index in [4.69, 9.17) is 0 Å². The first-order valence-electron chi connectivity index (χ1n) is 8.06. The summed E-state index contributed by atoms with van der Waals surface area (Å²) in [6.07, 6.45) is 4.05. The molecule has 1 aromatic carbocycles. The maximum absolute atomic E-state index is 3.84. The van der Waals surface area contributed by atoms with E-state index < -0.39 is 0 Å². The van der Waals surface area contributed by atoms with E-state index in [-0.39, 0.29) is 0 Å². The van der Waals surface area contributed by atoms with Gasteiger partial charge in [0.05, 0.1) is 0 Å². The van der Waals surface area contributed by atoms with Gasteiger partial charge in [-0.25, -0.2) is 0 Å². The number of benzene rings is 1. The molecule has 1 fully saturated rings. The van der Waals surface area contributed by atoms with Crippen molar-refractivity contribution < 1.29 is 0 Å². The largest absolute Gasteiger partial charge is 0.378 e. The third kappa shape index (κ3) is 3.35. The number of hydrogen-bond acceptors (Lipinski definition) is 2. The Kier molecular flexibility index (Phi) is 5.09. The lowest BCUT2D eigenvalue weighted by Gasteiger charge is -2.25. The minimum absolute atomic E-state index is 0.439. The van der Waals surface area contributed by atoms with Crippen LogP contribution in [0, 0.1) is 11.8 Å². The van der Waals surface area contributed by atoms with Crippen LogP contribution >= 0.6 is 0 Å². The van der Waals surface area contributed by atoms with Crippen molar-refractivity contribution in [3.63, 3.8) is 0 Å². The smallest absolute Gasteiger partial charge is 0.0361 e. The number of nitrogens with one attached hydrogen (secondary N) is 1. The van der Waals surface area contributed by atoms with Crippen LogP contribution < -0.4 is 10.2 Å². The first-order chi connectivity index (χ1) is 9.52. The summed E-state index contributed by atoms with van der Waals surface area (Å²) in [6, 6.07) is 10.0. The summed E-state index contributed by atoms with van der Waals surface area (Å²) < 4.78 is 0. The molecule has 112 valence electrons. The Balaban J connectivity index is 1.96. The molecule has 4 atom stereocenters. The van der Waals surface area contributed by atoms with E-state index in [9.17, 15) is 0 Å². The van der Waals surface area contributed by atoms with Gasteiger partial charge in [-0.05, 0) is 49.3 Å². The van der Waals surface area contributed by atoms with Gasteiger partial charge < -0.3 is 10.2 Å². The maximum atomic E-state index is 3.84. The normalized spacial score (nSPS) is 27.6. The van der Waals surface area contributed by atoms with Crippen LogP contribution in [-0.2, 0) is 0 Å². The number of rotatable bonds is 5. The molecule has 0 aliphatic heterocycles. The molecule has 2 rings (SSSR count). The van der Waals surface area contributed by atoms with Gasteiger partial charge in [-0.2, -0.15) is 0 Å². The second kappa shape index (κ2) is 6.62. The van der Waals surface area contributed by atoms with Crippen LogP contribution in [0.5, 0.6) is 0 Å². The molecular weight excluding hydrogens is 244 g/mol. The number of anilines is 1. The minimum Gasteiger partial charge on any atom is -0.378 e. The molecule has 0 radical (unpaired) electrons. The maximum Gasteiger partial charge on any atom is 0.0361 e. The Labute approximate surface area is 124 Å². The zero-order chi connectivity index (χ0) is 14.7. The van der Waals surface area contributed by atoms with Gasteiger partial charge in [-0.1, -0.05) is 32.4 Å². The van der Waals surface area contributed by atoms with Gasteiger partial charge in [0.2, 0.25) is 0 Å². The summed E-state index contributed by atoms with van der Waals surface area (Å²) >= 11 is 0. The van der Waals surface area contributed by atoms with Crippen molar-refractivity contribution in [3.05, 3.63) is 29.8 Å². The van der Waals surface area contributed by atoms with Gasteiger partial charge in [-0.3, -0.25) is 0 Å². The van der Waals surface area contributed by atoms with Crippen molar-refractivity contribution >= 4 is 5.69 Å². The van der Waals surface area contributed by atoms with Gasteiger partial charge in [-0.15, -0.1) is 0 Å². The highest BCUT2D eigenvalue weighted by molar-refractivity contribution is 5.46. The van der Waals surface area contributed by atoms with Crippen LogP contribution in [-0.4, -0.2) is 20.1 Å². The highest BCUT2D eigenvalue weighted by Crippen LogP contribution is 2.35. The van der Waals surface area contributed by atoms with E-state index in [0.717, 1.165) is 11.8 Å². The van der Waals surface area contributed by atoms with Gasteiger partial charge in [0.15, 0.2) is 0 Å². The molecule has 1 aliphatic carbocycles. The summed E-state index contributed by atoms with van der Waals surface area (Å²) in [6.45, 7) is 7.03.